The van der Waals surface area contributed by atoms with Gasteiger partial charge in [0.1, 0.15) is 5.57 Å². The fraction of sp³-hybridized carbons (Fsp3) is 0.0893. The van der Waals surface area contributed by atoms with Gasteiger partial charge in [0.05, 0.1) is 16.7 Å². The van der Waals surface area contributed by atoms with Crippen LogP contribution in [0.4, 0.5) is 25.2 Å². The summed E-state index contributed by atoms with van der Waals surface area (Å²) in [5.74, 6) is 0. The molecule has 0 saturated carbocycles. The van der Waals surface area contributed by atoms with Crippen molar-refractivity contribution in [2.45, 2.75) is 19.9 Å². The molecule has 0 N–H and O–H groups in total. The Morgan fingerprint density at radius 3 is 1.36 bits per heavy atom. The molecular formula is C56H49F6N3P3Pd-. The number of hydrogen-bond acceptors (Lipinski definition) is 2. The van der Waals surface area contributed by atoms with Crippen LogP contribution in [0.15, 0.2) is 218 Å². The third-order valence-corrected chi connectivity index (χ3v) is 16.3. The Hall–Kier alpha value is -5.54. The van der Waals surface area contributed by atoms with Crippen LogP contribution in [0, 0.1) is 6.92 Å². The van der Waals surface area contributed by atoms with Crippen LogP contribution >= 0.6 is 23.7 Å². The molecule has 69 heavy (non-hydrogen) atoms. The molecule has 1 aromatic heterocycles. The molecule has 0 aliphatic rings. The Balaban J connectivity index is 0.000000242. The van der Waals surface area contributed by atoms with Gasteiger partial charge < -0.3 is 4.90 Å². The summed E-state index contributed by atoms with van der Waals surface area (Å²) in [6.07, 6.45) is 0. The third-order valence-electron chi connectivity index (χ3n) is 11.5. The van der Waals surface area contributed by atoms with E-state index in [-0.39, 0.29) is 20.4 Å². The van der Waals surface area contributed by atoms with E-state index in [9.17, 15) is 25.2 Å². The molecule has 3 nitrogen and oxygen atoms in total. The minimum atomic E-state index is -10.7. The van der Waals surface area contributed by atoms with E-state index >= 15 is 0 Å². The van der Waals surface area contributed by atoms with Crippen molar-refractivity contribution in [1.29, 1.82) is 0 Å². The van der Waals surface area contributed by atoms with Crippen LogP contribution in [0.1, 0.15) is 24.1 Å². The molecule has 0 fully saturated rings. The van der Waals surface area contributed by atoms with Gasteiger partial charge in [-0.25, -0.2) is 4.98 Å². The van der Waals surface area contributed by atoms with Gasteiger partial charge in [-0.1, -0.05) is 206 Å². The summed E-state index contributed by atoms with van der Waals surface area (Å²) in [7, 11) is -8.25. The molecule has 0 amide bonds. The molecule has 1 atom stereocenters. The van der Waals surface area contributed by atoms with Crippen molar-refractivity contribution in [3.8, 4) is 5.69 Å². The van der Waals surface area contributed by atoms with E-state index in [2.05, 4.69) is 256 Å². The number of rotatable bonds is 9. The zero-order valence-corrected chi connectivity index (χ0v) is 42.4. The Labute approximate surface area is 415 Å². The van der Waals surface area contributed by atoms with E-state index in [1.54, 1.807) is 0 Å². The van der Waals surface area contributed by atoms with Crippen molar-refractivity contribution in [1.82, 2.24) is 14.5 Å². The van der Waals surface area contributed by atoms with Crippen LogP contribution < -0.4 is 32.1 Å². The largest absolute Gasteiger partial charge is 0.291 e. The summed E-state index contributed by atoms with van der Waals surface area (Å²) in [4.78, 5) is 7.75. The van der Waals surface area contributed by atoms with Crippen LogP contribution in [0.3, 0.4) is 0 Å². The van der Waals surface area contributed by atoms with Gasteiger partial charge >= 0.3 is 33.0 Å². The van der Waals surface area contributed by atoms with Gasteiger partial charge in [-0.3, -0.25) is 4.57 Å². The molecule has 0 radical (unpaired) electrons. The van der Waals surface area contributed by atoms with Crippen LogP contribution in [0.25, 0.3) is 38.3 Å². The molecular weight excluding hydrogens is 1030 g/mol. The fourth-order valence-electron chi connectivity index (χ4n) is 8.38. The van der Waals surface area contributed by atoms with E-state index in [0.717, 1.165) is 16.6 Å². The number of hydrogen-bond donors (Lipinski definition) is 0. The maximum Gasteiger partial charge on any atom is 0.146 e. The van der Waals surface area contributed by atoms with Gasteiger partial charge in [-0.15, -0.1) is 0 Å². The molecule has 0 bridgehead atoms. The second kappa shape index (κ2) is 20.8. The molecule has 356 valence electrons. The molecule has 1 unspecified atom stereocenters. The Bertz CT molecular complexity index is 3220. The maximum absolute atomic E-state index is 10.7. The molecule has 0 saturated heterocycles. The molecule has 13 heteroatoms. The van der Waals surface area contributed by atoms with Gasteiger partial charge in [-0.05, 0) is 96.5 Å². The summed E-state index contributed by atoms with van der Waals surface area (Å²) in [5, 5.41) is 11.7. The quantitative estimate of drug-likeness (QED) is 0.0816. The van der Waals surface area contributed by atoms with Crippen molar-refractivity contribution < 1.29 is 45.6 Å². The first-order chi connectivity index (χ1) is 32.4. The second-order valence-corrected chi connectivity index (χ2v) is 22.7. The zero-order valence-electron chi connectivity index (χ0n) is 38.1. The predicted molar refractivity (Wildman–Crippen MR) is 280 cm³/mol. The first kappa shape index (κ1) is 51.3. The van der Waals surface area contributed by atoms with Crippen LogP contribution in [-0.4, -0.2) is 28.5 Å². The third kappa shape index (κ3) is 12.8. The number of aryl methyl sites for hydroxylation is 1. The normalized spacial score (nSPS) is 12.9. The average Bonchev–Trinajstić information content (AvgIpc) is 3.70. The predicted octanol–water partition coefficient (Wildman–Crippen LogP) is 14.8. The number of imidazole rings is 1. The molecule has 0 aliphatic heterocycles. The SMILES string of the molecule is Cc1ccc2ccccc2c1C(C)N(C)C.F[P-](F)(F)(F)(F)F.[Pd].c1ccc(P(c2ccccc2)c2ccc3ccccc3c2-n2c(P(c3ccccc3)c3ccccc3)nc3ccccc32)cc1. The van der Waals surface area contributed by atoms with Gasteiger partial charge in [0, 0.05) is 45.1 Å². The summed E-state index contributed by atoms with van der Waals surface area (Å²) in [5.41, 5.74) is 7.25. The number of benzene rings is 9. The average molecular weight is 1080 g/mol. The summed E-state index contributed by atoms with van der Waals surface area (Å²) in [6, 6.07) is 79.4. The zero-order chi connectivity index (χ0) is 48.1. The molecule has 9 aromatic carbocycles. The van der Waals surface area contributed by atoms with Gasteiger partial charge in [0.2, 0.25) is 0 Å². The maximum atomic E-state index is 9.87. The van der Waals surface area contributed by atoms with Crippen LogP contribution in [0.2, 0.25) is 0 Å². The van der Waals surface area contributed by atoms with E-state index in [4.69, 9.17) is 4.98 Å². The smallest absolute Gasteiger partial charge is 0.146 e. The monoisotopic (exact) mass is 1080 g/mol. The molecule has 0 aliphatic carbocycles. The summed E-state index contributed by atoms with van der Waals surface area (Å²) < 4.78 is 61.7. The van der Waals surface area contributed by atoms with Gasteiger partial charge in [0.25, 0.3) is 0 Å². The minimum Gasteiger partial charge on any atom is -0.291 e. The van der Waals surface area contributed by atoms with Crippen LogP contribution in [-0.2, 0) is 20.4 Å². The van der Waals surface area contributed by atoms with Crippen molar-refractivity contribution >= 4 is 88.3 Å². The van der Waals surface area contributed by atoms with Crippen LogP contribution in [0.5, 0.6) is 0 Å². The Morgan fingerprint density at radius 1 is 0.478 bits per heavy atom. The molecule has 10 rings (SSSR count). The van der Waals surface area contributed by atoms with Crippen molar-refractivity contribution in [2.75, 3.05) is 14.1 Å². The number of para-hydroxylation sites is 2. The minimum absolute atomic E-state index is 0. The number of fused-ring (bicyclic) bond motifs is 3. The van der Waals surface area contributed by atoms with Gasteiger partial charge in [-0.2, -0.15) is 0 Å². The first-order valence-corrected chi connectivity index (χ1v) is 26.7. The van der Waals surface area contributed by atoms with E-state index in [0.29, 0.717) is 6.04 Å². The van der Waals surface area contributed by atoms with Gasteiger partial charge in [0.15, 0.2) is 0 Å². The first-order valence-electron chi connectivity index (χ1n) is 21.9. The van der Waals surface area contributed by atoms with E-state index in [1.165, 1.54) is 64.9 Å². The van der Waals surface area contributed by atoms with Crippen molar-refractivity contribution in [3.05, 3.63) is 230 Å². The number of halogens is 6. The molecule has 0 spiro atoms. The second-order valence-electron chi connectivity index (χ2n) is 16.5. The fourth-order valence-corrected chi connectivity index (χ4v) is 13.1. The number of aromatic nitrogens is 2. The van der Waals surface area contributed by atoms with E-state index < -0.39 is 23.7 Å². The summed E-state index contributed by atoms with van der Waals surface area (Å²) >= 11 is 0. The number of nitrogens with zero attached hydrogens (tertiary/aromatic N) is 3. The summed E-state index contributed by atoms with van der Waals surface area (Å²) in [6.45, 7) is 4.45. The van der Waals surface area contributed by atoms with Crippen molar-refractivity contribution in [3.63, 3.8) is 0 Å². The molecule has 10 aromatic rings. The van der Waals surface area contributed by atoms with E-state index in [1.807, 2.05) is 0 Å². The Morgan fingerprint density at radius 2 is 0.870 bits per heavy atom. The van der Waals surface area contributed by atoms with Crippen molar-refractivity contribution in [2.24, 2.45) is 0 Å². The topological polar surface area (TPSA) is 21.1 Å². The molecule has 1 heterocycles. The Kier molecular flexibility index (Phi) is 15.5. The standard InChI is InChI=1S/C41H30N2P2.C15H19N.F6P.Pd/c1-5-18-32(19-6-1)44(33-20-7-2-8-21-33)39-30-29-31-17-13-14-26-36(31)40(39)43-38-28-16-15-27-37(38)42-41(43)45(34-22-9-3-10-23-34)35-24-11-4-12-25-35;1-11-9-10-13-7-5-6-8-14(13)15(11)12(2)16(3)4;1-7(2,3,4,5)6;/h1-30H;5-10,12H,1-4H3;;/q;;-1;.